The second-order valence-electron chi connectivity index (χ2n) is 8.23. The van der Waals surface area contributed by atoms with Crippen molar-refractivity contribution in [2.24, 2.45) is 0 Å². The van der Waals surface area contributed by atoms with E-state index in [1.54, 1.807) is 25.1 Å². The minimum atomic E-state index is -3.80. The van der Waals surface area contributed by atoms with Crippen molar-refractivity contribution in [3.8, 4) is 11.5 Å². The van der Waals surface area contributed by atoms with Crippen molar-refractivity contribution in [1.29, 1.82) is 0 Å². The molecule has 0 bridgehead atoms. The number of carbonyl (C=O) groups is 2. The van der Waals surface area contributed by atoms with E-state index in [-0.39, 0.29) is 25.0 Å². The van der Waals surface area contributed by atoms with Crippen LogP contribution in [-0.4, -0.2) is 63.4 Å². The van der Waals surface area contributed by atoms with Gasteiger partial charge in [-0.3, -0.25) is 13.9 Å². The number of hydrogen-bond acceptors (Lipinski definition) is 6. The van der Waals surface area contributed by atoms with Crippen LogP contribution in [0.25, 0.3) is 0 Å². The lowest BCUT2D eigenvalue weighted by Gasteiger charge is -2.31. The van der Waals surface area contributed by atoms with Crippen LogP contribution in [-0.2, 0) is 26.0 Å². The molecule has 1 N–H and O–H groups in total. The van der Waals surface area contributed by atoms with Crippen LogP contribution < -0.4 is 19.1 Å². The van der Waals surface area contributed by atoms with Gasteiger partial charge in [0.25, 0.3) is 0 Å². The third kappa shape index (κ3) is 6.66. The normalized spacial score (nSPS) is 13.2. The molecular formula is C25H33N3O6S. The molecule has 2 aromatic rings. The maximum atomic E-state index is 13.5. The van der Waals surface area contributed by atoms with E-state index in [1.165, 1.54) is 11.8 Å². The van der Waals surface area contributed by atoms with Gasteiger partial charge in [0.05, 0.1) is 11.4 Å². The molecule has 0 aromatic heterocycles. The lowest BCUT2D eigenvalue weighted by Crippen LogP contribution is -2.52. The summed E-state index contributed by atoms with van der Waals surface area (Å²) in [4.78, 5) is 27.7. The number of carbonyl (C=O) groups excluding carboxylic acids is 2. The van der Waals surface area contributed by atoms with Gasteiger partial charge in [0.2, 0.25) is 28.6 Å². The van der Waals surface area contributed by atoms with Crippen molar-refractivity contribution in [3.05, 3.63) is 54.1 Å². The Morgan fingerprint density at radius 2 is 1.77 bits per heavy atom. The summed E-state index contributed by atoms with van der Waals surface area (Å²) in [5, 5.41) is 2.83. The number of amides is 2. The summed E-state index contributed by atoms with van der Waals surface area (Å²) in [7, 11) is -3.80. The average Bonchev–Trinajstić information content (AvgIpc) is 3.34. The van der Waals surface area contributed by atoms with Gasteiger partial charge in [-0.25, -0.2) is 8.42 Å². The van der Waals surface area contributed by atoms with Crippen LogP contribution in [0.3, 0.4) is 0 Å². The molecule has 35 heavy (non-hydrogen) atoms. The summed E-state index contributed by atoms with van der Waals surface area (Å²) < 4.78 is 37.8. The number of ether oxygens (including phenoxy) is 2. The molecule has 190 valence electrons. The SMILES string of the molecule is CCCNC(=O)C(C)N(CCc1ccccc1)C(=O)CN(c1ccc2c(c1)OCO2)S(=O)(=O)CC. The molecule has 1 unspecified atom stereocenters. The Morgan fingerprint density at radius 1 is 1.06 bits per heavy atom. The van der Waals surface area contributed by atoms with E-state index in [2.05, 4.69) is 5.32 Å². The predicted molar refractivity (Wildman–Crippen MR) is 134 cm³/mol. The summed E-state index contributed by atoms with van der Waals surface area (Å²) in [5.74, 6) is 0.000732. The van der Waals surface area contributed by atoms with Crippen LogP contribution in [0, 0.1) is 0 Å². The van der Waals surface area contributed by atoms with Crippen molar-refractivity contribution in [1.82, 2.24) is 10.2 Å². The maximum Gasteiger partial charge on any atom is 0.244 e. The number of anilines is 1. The molecule has 2 aromatic carbocycles. The molecule has 9 nitrogen and oxygen atoms in total. The Hall–Kier alpha value is -3.27. The fourth-order valence-electron chi connectivity index (χ4n) is 3.73. The molecule has 1 heterocycles. The van der Waals surface area contributed by atoms with Gasteiger partial charge in [-0.05, 0) is 44.4 Å². The van der Waals surface area contributed by atoms with Crippen LogP contribution in [0.1, 0.15) is 32.8 Å². The zero-order chi connectivity index (χ0) is 25.4. The van der Waals surface area contributed by atoms with Gasteiger partial charge in [-0.15, -0.1) is 0 Å². The van der Waals surface area contributed by atoms with E-state index in [9.17, 15) is 18.0 Å². The van der Waals surface area contributed by atoms with Gasteiger partial charge in [0, 0.05) is 19.2 Å². The number of nitrogens with one attached hydrogen (secondary N) is 1. The van der Waals surface area contributed by atoms with E-state index in [1.807, 2.05) is 37.3 Å². The zero-order valence-electron chi connectivity index (χ0n) is 20.4. The van der Waals surface area contributed by atoms with Crippen molar-refractivity contribution >= 4 is 27.5 Å². The molecule has 0 fully saturated rings. The van der Waals surface area contributed by atoms with Crippen LogP contribution in [0.5, 0.6) is 11.5 Å². The number of sulfonamides is 1. The Morgan fingerprint density at radius 3 is 2.46 bits per heavy atom. The molecule has 0 saturated carbocycles. The summed E-state index contributed by atoms with van der Waals surface area (Å²) in [6, 6.07) is 13.6. The molecule has 0 aliphatic carbocycles. The van der Waals surface area contributed by atoms with E-state index < -0.39 is 28.5 Å². The first kappa shape index (κ1) is 26.3. The predicted octanol–water partition coefficient (Wildman–Crippen LogP) is 2.56. The lowest BCUT2D eigenvalue weighted by atomic mass is 10.1. The number of nitrogens with zero attached hydrogens (tertiary/aromatic N) is 2. The highest BCUT2D eigenvalue weighted by molar-refractivity contribution is 7.92. The van der Waals surface area contributed by atoms with Gasteiger partial charge < -0.3 is 19.7 Å². The highest BCUT2D eigenvalue weighted by atomic mass is 32.2. The minimum Gasteiger partial charge on any atom is -0.454 e. The number of fused-ring (bicyclic) bond motifs is 1. The summed E-state index contributed by atoms with van der Waals surface area (Å²) in [6.45, 7) is 5.51. The summed E-state index contributed by atoms with van der Waals surface area (Å²) >= 11 is 0. The van der Waals surface area contributed by atoms with Crippen LogP contribution in [0.2, 0.25) is 0 Å². The third-order valence-electron chi connectivity index (χ3n) is 5.82. The average molecular weight is 504 g/mol. The number of hydrogen-bond donors (Lipinski definition) is 1. The van der Waals surface area contributed by atoms with Crippen LogP contribution >= 0.6 is 0 Å². The topological polar surface area (TPSA) is 105 Å². The second-order valence-corrected chi connectivity index (χ2v) is 10.4. The monoisotopic (exact) mass is 503 g/mol. The summed E-state index contributed by atoms with van der Waals surface area (Å²) in [5.41, 5.74) is 1.32. The van der Waals surface area contributed by atoms with Crippen LogP contribution in [0.4, 0.5) is 5.69 Å². The molecule has 1 atom stereocenters. The molecule has 1 aliphatic heterocycles. The minimum absolute atomic E-state index is 0.0515. The summed E-state index contributed by atoms with van der Waals surface area (Å²) in [6.07, 6.45) is 1.30. The van der Waals surface area contributed by atoms with E-state index >= 15 is 0 Å². The Balaban J connectivity index is 1.87. The van der Waals surface area contributed by atoms with E-state index in [0.29, 0.717) is 30.2 Å². The van der Waals surface area contributed by atoms with E-state index in [0.717, 1.165) is 16.3 Å². The van der Waals surface area contributed by atoms with Gasteiger partial charge >= 0.3 is 0 Å². The molecule has 0 spiro atoms. The molecular weight excluding hydrogens is 470 g/mol. The molecule has 3 rings (SSSR count). The quantitative estimate of drug-likeness (QED) is 0.477. The van der Waals surface area contributed by atoms with Crippen molar-refractivity contribution < 1.29 is 27.5 Å². The zero-order valence-corrected chi connectivity index (χ0v) is 21.2. The number of rotatable bonds is 12. The first-order chi connectivity index (χ1) is 16.8. The van der Waals surface area contributed by atoms with Crippen molar-refractivity contribution in [3.63, 3.8) is 0 Å². The van der Waals surface area contributed by atoms with Gasteiger partial charge in [0.1, 0.15) is 12.6 Å². The third-order valence-corrected chi connectivity index (χ3v) is 7.57. The second kappa shape index (κ2) is 11.9. The smallest absolute Gasteiger partial charge is 0.244 e. The van der Waals surface area contributed by atoms with Gasteiger partial charge in [-0.1, -0.05) is 37.3 Å². The van der Waals surface area contributed by atoms with Crippen LogP contribution in [0.15, 0.2) is 48.5 Å². The number of benzene rings is 2. The lowest BCUT2D eigenvalue weighted by molar-refractivity contribution is -0.138. The molecule has 0 saturated heterocycles. The van der Waals surface area contributed by atoms with Gasteiger partial charge in [-0.2, -0.15) is 0 Å². The Kier molecular flexibility index (Phi) is 8.97. The first-order valence-electron chi connectivity index (χ1n) is 11.8. The fraction of sp³-hybridized carbons (Fsp3) is 0.440. The molecule has 2 amide bonds. The molecule has 10 heteroatoms. The van der Waals surface area contributed by atoms with E-state index in [4.69, 9.17) is 9.47 Å². The fourth-order valence-corrected chi connectivity index (χ4v) is 4.78. The van der Waals surface area contributed by atoms with Crippen molar-refractivity contribution in [2.45, 2.75) is 39.7 Å². The standard InChI is InChI=1S/C25H33N3O6S/c1-4-14-26-25(30)19(3)27(15-13-20-9-7-6-8-10-20)24(29)17-28(35(31,32)5-2)21-11-12-22-23(16-21)34-18-33-22/h6-12,16,19H,4-5,13-15,17-18H2,1-3H3,(H,26,30). The highest BCUT2D eigenvalue weighted by Crippen LogP contribution is 2.36. The molecule has 0 radical (unpaired) electrons. The maximum absolute atomic E-state index is 13.5. The van der Waals surface area contributed by atoms with Crippen molar-refractivity contribution in [2.75, 3.05) is 36.5 Å². The molecule has 1 aliphatic rings. The Labute approximate surface area is 207 Å². The Bertz CT molecular complexity index is 1120. The van der Waals surface area contributed by atoms with Gasteiger partial charge in [0.15, 0.2) is 11.5 Å². The first-order valence-corrected chi connectivity index (χ1v) is 13.4. The highest BCUT2D eigenvalue weighted by Gasteiger charge is 2.31. The largest absolute Gasteiger partial charge is 0.454 e.